The van der Waals surface area contributed by atoms with Crippen LogP contribution in [0.15, 0.2) is 4.79 Å². The SMILES string of the molecule is Cc1nc(NCO)nc(=O)[nH]1. The molecule has 0 atom stereocenters. The van der Waals surface area contributed by atoms with E-state index in [1.54, 1.807) is 6.92 Å². The van der Waals surface area contributed by atoms with Crippen molar-refractivity contribution in [2.45, 2.75) is 6.92 Å². The van der Waals surface area contributed by atoms with Crippen LogP contribution in [0.2, 0.25) is 0 Å². The highest BCUT2D eigenvalue weighted by Crippen LogP contribution is 1.90. The number of nitrogens with zero attached hydrogens (tertiary/aromatic N) is 2. The second kappa shape index (κ2) is 3.11. The molecule has 0 unspecified atom stereocenters. The van der Waals surface area contributed by atoms with Crippen LogP contribution in [0, 0.1) is 6.92 Å². The molecule has 11 heavy (non-hydrogen) atoms. The van der Waals surface area contributed by atoms with E-state index in [9.17, 15) is 4.79 Å². The summed E-state index contributed by atoms with van der Waals surface area (Å²) in [7, 11) is 0. The van der Waals surface area contributed by atoms with E-state index in [-0.39, 0.29) is 12.7 Å². The third-order valence-corrected chi connectivity index (χ3v) is 1.01. The molecular weight excluding hydrogens is 148 g/mol. The number of rotatable bonds is 2. The van der Waals surface area contributed by atoms with E-state index in [1.807, 2.05) is 0 Å². The molecule has 1 aromatic rings. The number of aromatic nitrogens is 3. The highest BCUT2D eigenvalue weighted by molar-refractivity contribution is 5.20. The zero-order chi connectivity index (χ0) is 8.27. The van der Waals surface area contributed by atoms with Gasteiger partial charge in [-0.1, -0.05) is 0 Å². The summed E-state index contributed by atoms with van der Waals surface area (Å²) in [5.41, 5.74) is -0.478. The molecule has 0 amide bonds. The molecule has 6 nitrogen and oxygen atoms in total. The zero-order valence-corrected chi connectivity index (χ0v) is 5.96. The molecule has 0 radical (unpaired) electrons. The minimum absolute atomic E-state index is 0.133. The Balaban J connectivity index is 2.99. The summed E-state index contributed by atoms with van der Waals surface area (Å²) in [5.74, 6) is 0.592. The fraction of sp³-hybridized carbons (Fsp3) is 0.400. The van der Waals surface area contributed by atoms with Gasteiger partial charge in [-0.2, -0.15) is 4.98 Å². The highest BCUT2D eigenvalue weighted by atomic mass is 16.3. The molecule has 1 aromatic heterocycles. The van der Waals surface area contributed by atoms with Crippen LogP contribution in [-0.4, -0.2) is 26.8 Å². The van der Waals surface area contributed by atoms with Gasteiger partial charge in [-0.05, 0) is 6.92 Å². The molecule has 0 aliphatic carbocycles. The number of hydrogen-bond donors (Lipinski definition) is 3. The van der Waals surface area contributed by atoms with Crippen LogP contribution in [0.3, 0.4) is 0 Å². The maximum Gasteiger partial charge on any atom is 0.349 e. The highest BCUT2D eigenvalue weighted by Gasteiger charge is 1.95. The van der Waals surface area contributed by atoms with Crippen molar-refractivity contribution in [1.29, 1.82) is 0 Å². The predicted octanol–water partition coefficient (Wildman–Crippen LogP) is -1.16. The topological polar surface area (TPSA) is 90.9 Å². The fourth-order valence-electron chi connectivity index (χ4n) is 0.640. The molecule has 0 fully saturated rings. The molecular formula is C5H8N4O2. The van der Waals surface area contributed by atoms with Gasteiger partial charge in [0.2, 0.25) is 5.95 Å². The van der Waals surface area contributed by atoms with Crippen molar-refractivity contribution in [3.8, 4) is 0 Å². The summed E-state index contributed by atoms with van der Waals surface area (Å²) in [6.07, 6.45) is 0. The number of aromatic amines is 1. The van der Waals surface area contributed by atoms with Crippen LogP contribution in [0.1, 0.15) is 5.82 Å². The average molecular weight is 156 g/mol. The van der Waals surface area contributed by atoms with Crippen molar-refractivity contribution in [1.82, 2.24) is 15.0 Å². The zero-order valence-electron chi connectivity index (χ0n) is 5.96. The van der Waals surface area contributed by atoms with E-state index in [1.165, 1.54) is 0 Å². The van der Waals surface area contributed by atoms with Gasteiger partial charge in [0.15, 0.2) is 0 Å². The van der Waals surface area contributed by atoms with Gasteiger partial charge in [0.05, 0.1) is 0 Å². The van der Waals surface area contributed by atoms with Gasteiger partial charge in [0.1, 0.15) is 12.6 Å². The minimum Gasteiger partial charge on any atom is -0.376 e. The first kappa shape index (κ1) is 7.67. The summed E-state index contributed by atoms with van der Waals surface area (Å²) in [4.78, 5) is 20.2. The van der Waals surface area contributed by atoms with E-state index in [0.29, 0.717) is 5.82 Å². The predicted molar refractivity (Wildman–Crippen MR) is 38.1 cm³/mol. The Morgan fingerprint density at radius 1 is 1.64 bits per heavy atom. The van der Waals surface area contributed by atoms with Crippen LogP contribution in [0.25, 0.3) is 0 Å². The lowest BCUT2D eigenvalue weighted by Gasteiger charge is -1.98. The van der Waals surface area contributed by atoms with Gasteiger partial charge in [-0.15, -0.1) is 0 Å². The van der Waals surface area contributed by atoms with Crippen molar-refractivity contribution in [2.24, 2.45) is 0 Å². The molecule has 0 saturated heterocycles. The smallest absolute Gasteiger partial charge is 0.349 e. The average Bonchev–Trinajstić information content (AvgIpc) is 1.85. The van der Waals surface area contributed by atoms with Gasteiger partial charge < -0.3 is 10.4 Å². The van der Waals surface area contributed by atoms with Crippen molar-refractivity contribution in [3.05, 3.63) is 16.3 Å². The van der Waals surface area contributed by atoms with E-state index < -0.39 is 5.69 Å². The Morgan fingerprint density at radius 3 is 2.91 bits per heavy atom. The summed E-state index contributed by atoms with van der Waals surface area (Å²) in [5, 5.41) is 10.8. The monoisotopic (exact) mass is 156 g/mol. The third kappa shape index (κ3) is 2.01. The Labute approximate surface area is 62.3 Å². The number of anilines is 1. The number of aliphatic hydroxyl groups is 1. The Hall–Kier alpha value is -1.43. The summed E-state index contributed by atoms with van der Waals surface area (Å²) >= 11 is 0. The lowest BCUT2D eigenvalue weighted by Crippen LogP contribution is -2.17. The molecule has 60 valence electrons. The lowest BCUT2D eigenvalue weighted by molar-refractivity contribution is 0.324. The number of aliphatic hydroxyl groups excluding tert-OH is 1. The second-order valence-electron chi connectivity index (χ2n) is 1.90. The largest absolute Gasteiger partial charge is 0.376 e. The summed E-state index contributed by atoms with van der Waals surface area (Å²) in [6.45, 7) is 1.34. The lowest BCUT2D eigenvalue weighted by atomic mass is 10.7. The van der Waals surface area contributed by atoms with Crippen LogP contribution in [-0.2, 0) is 0 Å². The van der Waals surface area contributed by atoms with E-state index in [4.69, 9.17) is 5.11 Å². The molecule has 0 aromatic carbocycles. The van der Waals surface area contributed by atoms with Gasteiger partial charge in [0, 0.05) is 0 Å². The van der Waals surface area contributed by atoms with E-state index in [2.05, 4.69) is 20.3 Å². The second-order valence-corrected chi connectivity index (χ2v) is 1.90. The number of aryl methyl sites for hydroxylation is 1. The van der Waals surface area contributed by atoms with Crippen LogP contribution < -0.4 is 11.0 Å². The Morgan fingerprint density at radius 2 is 2.36 bits per heavy atom. The third-order valence-electron chi connectivity index (χ3n) is 1.01. The molecule has 0 aliphatic rings. The number of nitrogens with one attached hydrogen (secondary N) is 2. The van der Waals surface area contributed by atoms with Gasteiger partial charge in [0.25, 0.3) is 0 Å². The first-order valence-corrected chi connectivity index (χ1v) is 3.02. The molecule has 1 heterocycles. The van der Waals surface area contributed by atoms with Crippen molar-refractivity contribution in [3.63, 3.8) is 0 Å². The number of hydrogen-bond acceptors (Lipinski definition) is 5. The maximum atomic E-state index is 10.7. The quantitative estimate of drug-likeness (QED) is 0.469. The van der Waals surface area contributed by atoms with Gasteiger partial charge >= 0.3 is 5.69 Å². The van der Waals surface area contributed by atoms with Crippen molar-refractivity contribution >= 4 is 5.95 Å². The number of H-pyrrole nitrogens is 1. The standard InChI is InChI=1S/C5H8N4O2/c1-3-7-4(6-2-10)9-5(11)8-3/h10H,2H2,1H3,(H2,6,7,8,9,11). The van der Waals surface area contributed by atoms with Crippen LogP contribution in [0.5, 0.6) is 0 Å². The first-order chi connectivity index (χ1) is 5.22. The van der Waals surface area contributed by atoms with Crippen molar-refractivity contribution < 1.29 is 5.11 Å². The summed E-state index contributed by atoms with van der Waals surface area (Å²) < 4.78 is 0. The molecule has 0 saturated carbocycles. The molecule has 3 N–H and O–H groups in total. The van der Waals surface area contributed by atoms with E-state index >= 15 is 0 Å². The molecule has 0 aliphatic heterocycles. The first-order valence-electron chi connectivity index (χ1n) is 3.02. The van der Waals surface area contributed by atoms with Gasteiger partial charge in [-0.3, -0.25) is 4.98 Å². The van der Waals surface area contributed by atoms with Gasteiger partial charge in [-0.25, -0.2) is 9.78 Å². The molecule has 1 rings (SSSR count). The molecule has 6 heteroatoms. The normalized spacial score (nSPS) is 9.64. The fourth-order valence-corrected chi connectivity index (χ4v) is 0.640. The summed E-state index contributed by atoms with van der Waals surface area (Å²) in [6, 6.07) is 0. The van der Waals surface area contributed by atoms with E-state index in [0.717, 1.165) is 0 Å². The van der Waals surface area contributed by atoms with Crippen LogP contribution in [0.4, 0.5) is 5.95 Å². The maximum absolute atomic E-state index is 10.7. The van der Waals surface area contributed by atoms with Crippen molar-refractivity contribution in [2.75, 3.05) is 12.0 Å². The Bertz CT molecular complexity index is 295. The Kier molecular flexibility index (Phi) is 2.17. The molecule has 0 spiro atoms. The molecule has 0 bridgehead atoms. The van der Waals surface area contributed by atoms with Crippen LogP contribution >= 0.6 is 0 Å². The minimum atomic E-state index is -0.478.